The van der Waals surface area contributed by atoms with Crippen LogP contribution in [-0.4, -0.2) is 7.11 Å². The Morgan fingerprint density at radius 1 is 0.682 bits per heavy atom. The fraction of sp³-hybridized carbons (Fsp3) is 0.0952. The molecular formula is C21H19O. The Balaban J connectivity index is 1.99. The zero-order valence-corrected chi connectivity index (χ0v) is 12.7. The van der Waals surface area contributed by atoms with E-state index in [9.17, 15) is 0 Å². The Hall–Kier alpha value is -2.54. The van der Waals surface area contributed by atoms with Gasteiger partial charge in [0.05, 0.1) is 7.11 Å². The summed E-state index contributed by atoms with van der Waals surface area (Å²) >= 11 is 0. The van der Waals surface area contributed by atoms with Gasteiger partial charge in [0, 0.05) is 5.92 Å². The standard InChI is InChI=1S/C21H19O/c1-22-21-15-9-8-14-19(21)16-20(17-10-4-2-5-11-17)18-12-6-3-7-13-18/h2-15H,16H2,1H3. The maximum absolute atomic E-state index is 5.50. The molecule has 1 heteroatoms. The third-order valence-electron chi connectivity index (χ3n) is 3.80. The predicted molar refractivity (Wildman–Crippen MR) is 91.0 cm³/mol. The van der Waals surface area contributed by atoms with Crippen LogP contribution in [-0.2, 0) is 6.42 Å². The van der Waals surface area contributed by atoms with E-state index in [2.05, 4.69) is 72.8 Å². The summed E-state index contributed by atoms with van der Waals surface area (Å²) in [6, 6.07) is 29.3. The molecule has 0 aliphatic rings. The number of hydrogen-bond acceptors (Lipinski definition) is 1. The van der Waals surface area contributed by atoms with Gasteiger partial charge in [-0.1, -0.05) is 78.9 Å². The molecule has 3 aromatic carbocycles. The zero-order valence-electron chi connectivity index (χ0n) is 12.7. The minimum atomic E-state index is 0.845. The Morgan fingerprint density at radius 2 is 1.18 bits per heavy atom. The molecule has 0 heterocycles. The number of ether oxygens (including phenoxy) is 1. The Labute approximate surface area is 132 Å². The molecule has 0 aliphatic heterocycles. The smallest absolute Gasteiger partial charge is 0.122 e. The average Bonchev–Trinajstić information content (AvgIpc) is 2.61. The largest absolute Gasteiger partial charge is 0.496 e. The van der Waals surface area contributed by atoms with Crippen molar-refractivity contribution in [2.24, 2.45) is 0 Å². The fourth-order valence-electron chi connectivity index (χ4n) is 2.69. The summed E-state index contributed by atoms with van der Waals surface area (Å²) in [6.45, 7) is 0. The van der Waals surface area contributed by atoms with Gasteiger partial charge in [-0.25, -0.2) is 0 Å². The minimum absolute atomic E-state index is 0.845. The van der Waals surface area contributed by atoms with Crippen molar-refractivity contribution in [2.75, 3.05) is 7.11 Å². The topological polar surface area (TPSA) is 9.23 Å². The minimum Gasteiger partial charge on any atom is -0.496 e. The summed E-state index contributed by atoms with van der Waals surface area (Å²) in [5, 5.41) is 0. The molecule has 0 saturated heterocycles. The third kappa shape index (κ3) is 3.20. The van der Waals surface area contributed by atoms with Gasteiger partial charge in [0.15, 0.2) is 0 Å². The van der Waals surface area contributed by atoms with Gasteiger partial charge in [0.25, 0.3) is 0 Å². The van der Waals surface area contributed by atoms with E-state index in [1.165, 1.54) is 22.6 Å². The van der Waals surface area contributed by atoms with Gasteiger partial charge >= 0.3 is 0 Å². The van der Waals surface area contributed by atoms with Crippen LogP contribution in [0.4, 0.5) is 0 Å². The van der Waals surface area contributed by atoms with Gasteiger partial charge in [-0.2, -0.15) is 0 Å². The van der Waals surface area contributed by atoms with E-state index in [1.807, 2.05) is 12.1 Å². The molecule has 3 aromatic rings. The van der Waals surface area contributed by atoms with E-state index in [-0.39, 0.29) is 0 Å². The lowest BCUT2D eigenvalue weighted by molar-refractivity contribution is 0.410. The number of methoxy groups -OCH3 is 1. The molecule has 0 aromatic heterocycles. The van der Waals surface area contributed by atoms with Crippen molar-refractivity contribution in [1.29, 1.82) is 0 Å². The molecule has 22 heavy (non-hydrogen) atoms. The normalized spacial score (nSPS) is 10.6. The van der Waals surface area contributed by atoms with E-state index in [1.54, 1.807) is 7.11 Å². The molecule has 0 spiro atoms. The van der Waals surface area contributed by atoms with Crippen molar-refractivity contribution < 1.29 is 4.74 Å². The monoisotopic (exact) mass is 287 g/mol. The highest BCUT2D eigenvalue weighted by Crippen LogP contribution is 2.30. The molecule has 3 rings (SSSR count). The van der Waals surface area contributed by atoms with E-state index in [0.29, 0.717) is 0 Å². The lowest BCUT2D eigenvalue weighted by Crippen LogP contribution is -2.07. The first-order valence-electron chi connectivity index (χ1n) is 7.47. The molecule has 1 radical (unpaired) electrons. The average molecular weight is 287 g/mol. The fourth-order valence-corrected chi connectivity index (χ4v) is 2.69. The lowest BCUT2D eigenvalue weighted by atomic mass is 9.86. The molecular weight excluding hydrogens is 268 g/mol. The first-order valence-corrected chi connectivity index (χ1v) is 7.47. The summed E-state index contributed by atoms with van der Waals surface area (Å²) < 4.78 is 5.50. The van der Waals surface area contributed by atoms with Crippen LogP contribution in [0, 0.1) is 5.92 Å². The van der Waals surface area contributed by atoms with Crippen LogP contribution in [0.1, 0.15) is 16.7 Å². The van der Waals surface area contributed by atoms with Crippen LogP contribution in [0.5, 0.6) is 5.75 Å². The number of benzene rings is 3. The molecule has 0 aliphatic carbocycles. The third-order valence-corrected chi connectivity index (χ3v) is 3.80. The first kappa shape index (κ1) is 14.4. The van der Waals surface area contributed by atoms with Gasteiger partial charge in [0.1, 0.15) is 5.75 Å². The second kappa shape index (κ2) is 6.95. The molecule has 0 saturated carbocycles. The van der Waals surface area contributed by atoms with Crippen molar-refractivity contribution in [3.05, 3.63) is 108 Å². The van der Waals surface area contributed by atoms with E-state index >= 15 is 0 Å². The van der Waals surface area contributed by atoms with Crippen molar-refractivity contribution in [3.63, 3.8) is 0 Å². The summed E-state index contributed by atoms with van der Waals surface area (Å²) in [7, 11) is 1.73. The molecule has 0 unspecified atom stereocenters. The molecule has 0 N–H and O–H groups in total. The number of hydrogen-bond donors (Lipinski definition) is 0. The Morgan fingerprint density at radius 3 is 1.73 bits per heavy atom. The first-order chi connectivity index (χ1) is 10.9. The van der Waals surface area contributed by atoms with Gasteiger partial charge in [-0.15, -0.1) is 0 Å². The molecule has 1 nitrogen and oxygen atoms in total. The van der Waals surface area contributed by atoms with Crippen LogP contribution in [0.15, 0.2) is 84.9 Å². The van der Waals surface area contributed by atoms with Crippen molar-refractivity contribution in [1.82, 2.24) is 0 Å². The predicted octanol–water partition coefficient (Wildman–Crippen LogP) is 4.91. The van der Waals surface area contributed by atoms with Crippen LogP contribution in [0.2, 0.25) is 0 Å². The molecule has 0 fully saturated rings. The van der Waals surface area contributed by atoms with Crippen LogP contribution < -0.4 is 4.74 Å². The summed E-state index contributed by atoms with van der Waals surface area (Å²) in [5.41, 5.74) is 3.70. The summed E-state index contributed by atoms with van der Waals surface area (Å²) in [5.74, 6) is 2.25. The summed E-state index contributed by atoms with van der Waals surface area (Å²) in [4.78, 5) is 0. The number of para-hydroxylation sites is 1. The highest BCUT2D eigenvalue weighted by Gasteiger charge is 2.17. The van der Waals surface area contributed by atoms with Gasteiger partial charge < -0.3 is 4.74 Å². The lowest BCUT2D eigenvalue weighted by Gasteiger charge is -2.19. The van der Waals surface area contributed by atoms with Crippen molar-refractivity contribution in [3.8, 4) is 5.75 Å². The molecule has 0 atom stereocenters. The van der Waals surface area contributed by atoms with Crippen molar-refractivity contribution in [2.45, 2.75) is 6.42 Å². The van der Waals surface area contributed by atoms with Crippen LogP contribution >= 0.6 is 0 Å². The maximum Gasteiger partial charge on any atom is 0.122 e. The van der Waals surface area contributed by atoms with Gasteiger partial charge in [0.2, 0.25) is 0 Å². The molecule has 0 amide bonds. The van der Waals surface area contributed by atoms with Crippen LogP contribution in [0.3, 0.4) is 0 Å². The van der Waals surface area contributed by atoms with E-state index in [0.717, 1.165) is 12.2 Å². The Bertz CT molecular complexity index is 665. The zero-order chi connectivity index (χ0) is 15.2. The van der Waals surface area contributed by atoms with Crippen molar-refractivity contribution >= 4 is 0 Å². The maximum atomic E-state index is 5.50. The Kier molecular flexibility index (Phi) is 4.55. The highest BCUT2D eigenvalue weighted by molar-refractivity contribution is 5.49. The number of rotatable bonds is 5. The van der Waals surface area contributed by atoms with Gasteiger partial charge in [-0.05, 0) is 29.2 Å². The molecule has 0 bridgehead atoms. The van der Waals surface area contributed by atoms with Crippen LogP contribution in [0.25, 0.3) is 0 Å². The van der Waals surface area contributed by atoms with Gasteiger partial charge in [-0.3, -0.25) is 0 Å². The second-order valence-corrected chi connectivity index (χ2v) is 5.20. The second-order valence-electron chi connectivity index (χ2n) is 5.20. The summed E-state index contributed by atoms with van der Waals surface area (Å²) in [6.07, 6.45) is 0.845. The highest BCUT2D eigenvalue weighted by atomic mass is 16.5. The SMILES string of the molecule is COc1ccccc1C[C](c1ccccc1)c1ccccc1. The van der Waals surface area contributed by atoms with E-state index < -0.39 is 0 Å². The quantitative estimate of drug-likeness (QED) is 0.648. The molecule has 109 valence electrons. The van der Waals surface area contributed by atoms with E-state index in [4.69, 9.17) is 4.74 Å².